The smallest absolute Gasteiger partial charge is 0.225 e. The fourth-order valence-corrected chi connectivity index (χ4v) is 4.68. The lowest BCUT2D eigenvalue weighted by atomic mass is 9.80. The first-order valence-corrected chi connectivity index (χ1v) is 10.5. The van der Waals surface area contributed by atoms with Crippen LogP contribution in [0.4, 0.5) is 5.95 Å². The van der Waals surface area contributed by atoms with Crippen LogP contribution in [0.25, 0.3) is 10.9 Å². The average molecular weight is 423 g/mol. The van der Waals surface area contributed by atoms with Gasteiger partial charge in [-0.3, -0.25) is 14.8 Å². The topological polar surface area (TPSA) is 75.1 Å². The minimum Gasteiger partial charge on any atom is -0.342 e. The van der Waals surface area contributed by atoms with Gasteiger partial charge in [0.1, 0.15) is 0 Å². The molecule has 0 bridgehead atoms. The standard InChI is InChI=1S/C22H23ClN6O/c1-14(30)28-8-5-22(2,13-28)20-19(24-6-7-25-20)16-11-29(12-16)21-26-10-15-9-17(23)3-4-18(15)27-21/h3-4,6-7,9-10,16H,5,8,11-13H2,1-2H3/t22-/m0/s1. The van der Waals surface area contributed by atoms with Gasteiger partial charge in [0.25, 0.3) is 0 Å². The van der Waals surface area contributed by atoms with Crippen LogP contribution in [-0.4, -0.2) is 56.9 Å². The Morgan fingerprint density at radius 1 is 1.20 bits per heavy atom. The van der Waals surface area contributed by atoms with Gasteiger partial charge in [0.2, 0.25) is 11.9 Å². The Morgan fingerprint density at radius 3 is 2.77 bits per heavy atom. The molecule has 0 spiro atoms. The Balaban J connectivity index is 1.36. The number of carbonyl (C=O) groups excluding carboxylic acids is 1. The monoisotopic (exact) mass is 422 g/mol. The number of carbonyl (C=O) groups is 1. The molecule has 7 nitrogen and oxygen atoms in total. The molecule has 0 aliphatic carbocycles. The number of hydrogen-bond acceptors (Lipinski definition) is 6. The first-order valence-electron chi connectivity index (χ1n) is 10.2. The molecule has 2 aliphatic heterocycles. The Bertz CT molecular complexity index is 1130. The van der Waals surface area contributed by atoms with Crippen LogP contribution in [0.5, 0.6) is 0 Å². The van der Waals surface area contributed by atoms with Crippen LogP contribution in [0.1, 0.15) is 37.6 Å². The summed E-state index contributed by atoms with van der Waals surface area (Å²) in [5, 5.41) is 1.62. The van der Waals surface area contributed by atoms with Crippen LogP contribution >= 0.6 is 11.6 Å². The summed E-state index contributed by atoms with van der Waals surface area (Å²) in [5.41, 5.74) is 2.78. The minimum atomic E-state index is -0.158. The third-order valence-corrected chi connectivity index (χ3v) is 6.53. The van der Waals surface area contributed by atoms with E-state index in [2.05, 4.69) is 21.8 Å². The van der Waals surface area contributed by atoms with E-state index in [1.807, 2.05) is 29.3 Å². The van der Waals surface area contributed by atoms with E-state index in [1.54, 1.807) is 19.3 Å². The summed E-state index contributed by atoms with van der Waals surface area (Å²) >= 11 is 6.05. The number of nitrogens with zero attached hydrogens (tertiary/aromatic N) is 6. The third kappa shape index (κ3) is 3.27. The van der Waals surface area contributed by atoms with Gasteiger partial charge in [-0.05, 0) is 24.6 Å². The molecule has 0 radical (unpaired) electrons. The van der Waals surface area contributed by atoms with E-state index in [1.165, 1.54) is 0 Å². The molecule has 0 unspecified atom stereocenters. The van der Waals surface area contributed by atoms with E-state index in [-0.39, 0.29) is 17.2 Å². The van der Waals surface area contributed by atoms with Gasteiger partial charge in [0.05, 0.1) is 16.9 Å². The van der Waals surface area contributed by atoms with Crippen molar-refractivity contribution in [1.82, 2.24) is 24.8 Å². The van der Waals surface area contributed by atoms with Crippen molar-refractivity contribution in [2.75, 3.05) is 31.1 Å². The molecule has 1 atom stereocenters. The molecule has 2 aromatic heterocycles. The van der Waals surface area contributed by atoms with Crippen molar-refractivity contribution in [1.29, 1.82) is 0 Å². The maximum Gasteiger partial charge on any atom is 0.225 e. The van der Waals surface area contributed by atoms with Gasteiger partial charge in [-0.25, -0.2) is 9.97 Å². The zero-order valence-electron chi connectivity index (χ0n) is 17.0. The molecule has 2 aliphatic rings. The van der Waals surface area contributed by atoms with Crippen LogP contribution in [0.15, 0.2) is 36.8 Å². The molecular formula is C22H23ClN6O. The highest BCUT2D eigenvalue weighted by molar-refractivity contribution is 6.31. The quantitative estimate of drug-likeness (QED) is 0.645. The van der Waals surface area contributed by atoms with Gasteiger partial charge in [0.15, 0.2) is 0 Å². The SMILES string of the molecule is CC(=O)N1CC[C@](C)(c2nccnc2C2CN(c3ncc4cc(Cl)ccc4n3)C2)C1. The summed E-state index contributed by atoms with van der Waals surface area (Å²) in [6.45, 7) is 6.89. The first kappa shape index (κ1) is 19.2. The van der Waals surface area contributed by atoms with E-state index in [9.17, 15) is 4.79 Å². The summed E-state index contributed by atoms with van der Waals surface area (Å²) < 4.78 is 0. The molecule has 5 rings (SSSR count). The van der Waals surface area contributed by atoms with Crippen molar-refractivity contribution >= 4 is 34.4 Å². The van der Waals surface area contributed by atoms with Gasteiger partial charge in [-0.15, -0.1) is 0 Å². The third-order valence-electron chi connectivity index (χ3n) is 6.30. The molecular weight excluding hydrogens is 400 g/mol. The number of hydrogen-bond donors (Lipinski definition) is 0. The van der Waals surface area contributed by atoms with E-state index in [0.29, 0.717) is 11.6 Å². The summed E-state index contributed by atoms with van der Waals surface area (Å²) in [7, 11) is 0. The lowest BCUT2D eigenvalue weighted by Gasteiger charge is -2.40. The van der Waals surface area contributed by atoms with Crippen molar-refractivity contribution in [3.8, 4) is 0 Å². The van der Waals surface area contributed by atoms with Crippen LogP contribution in [0, 0.1) is 0 Å². The molecule has 4 heterocycles. The van der Waals surface area contributed by atoms with Gasteiger partial charge < -0.3 is 9.80 Å². The van der Waals surface area contributed by atoms with Crippen LogP contribution in [0.3, 0.4) is 0 Å². The van der Waals surface area contributed by atoms with Crippen LogP contribution < -0.4 is 4.90 Å². The van der Waals surface area contributed by atoms with E-state index in [4.69, 9.17) is 21.6 Å². The molecule has 2 saturated heterocycles. The largest absolute Gasteiger partial charge is 0.342 e. The number of fused-ring (bicyclic) bond motifs is 1. The first-order chi connectivity index (χ1) is 14.4. The Kier molecular flexibility index (Phi) is 4.58. The highest BCUT2D eigenvalue weighted by atomic mass is 35.5. The highest BCUT2D eigenvalue weighted by Gasteiger charge is 2.42. The number of anilines is 1. The number of aromatic nitrogens is 4. The molecule has 8 heteroatoms. The molecule has 0 saturated carbocycles. The van der Waals surface area contributed by atoms with Crippen LogP contribution in [0.2, 0.25) is 5.02 Å². The number of rotatable bonds is 3. The number of benzene rings is 1. The Morgan fingerprint density at radius 2 is 2.00 bits per heavy atom. The second-order valence-corrected chi connectivity index (χ2v) is 8.95. The van der Waals surface area contributed by atoms with Crippen molar-refractivity contribution in [2.24, 2.45) is 0 Å². The fourth-order valence-electron chi connectivity index (χ4n) is 4.50. The predicted octanol–water partition coefficient (Wildman–Crippen LogP) is 3.19. The zero-order chi connectivity index (χ0) is 20.9. The molecule has 30 heavy (non-hydrogen) atoms. The minimum absolute atomic E-state index is 0.119. The van der Waals surface area contributed by atoms with E-state index < -0.39 is 0 Å². The maximum absolute atomic E-state index is 11.8. The van der Waals surface area contributed by atoms with Crippen molar-refractivity contribution in [3.63, 3.8) is 0 Å². The van der Waals surface area contributed by atoms with Crippen molar-refractivity contribution in [3.05, 3.63) is 53.2 Å². The fraction of sp³-hybridized carbons (Fsp3) is 0.409. The molecule has 0 N–H and O–H groups in total. The summed E-state index contributed by atoms with van der Waals surface area (Å²) in [5.74, 6) is 1.12. The summed E-state index contributed by atoms with van der Waals surface area (Å²) in [6, 6.07) is 5.64. The van der Waals surface area contributed by atoms with E-state index in [0.717, 1.165) is 54.3 Å². The van der Waals surface area contributed by atoms with Crippen molar-refractivity contribution < 1.29 is 4.79 Å². The lowest BCUT2D eigenvalue weighted by molar-refractivity contribution is -0.127. The molecule has 1 amide bonds. The number of likely N-dealkylation sites (tertiary alicyclic amines) is 1. The normalized spacial score (nSPS) is 21.8. The second kappa shape index (κ2) is 7.16. The molecule has 3 aromatic rings. The van der Waals surface area contributed by atoms with Gasteiger partial charge in [-0.2, -0.15) is 0 Å². The molecule has 2 fully saturated rings. The van der Waals surface area contributed by atoms with Crippen molar-refractivity contribution in [2.45, 2.75) is 31.6 Å². The maximum atomic E-state index is 11.8. The predicted molar refractivity (Wildman–Crippen MR) is 116 cm³/mol. The summed E-state index contributed by atoms with van der Waals surface area (Å²) in [4.78, 5) is 34.5. The van der Waals surface area contributed by atoms with Crippen LogP contribution in [-0.2, 0) is 10.2 Å². The second-order valence-electron chi connectivity index (χ2n) is 8.52. The lowest BCUT2D eigenvalue weighted by Crippen LogP contribution is -2.47. The number of halogens is 1. The molecule has 154 valence electrons. The number of amides is 1. The molecule has 1 aromatic carbocycles. The Hall–Kier alpha value is -2.80. The van der Waals surface area contributed by atoms with Gasteiger partial charge >= 0.3 is 0 Å². The Labute approximate surface area is 180 Å². The zero-order valence-corrected chi connectivity index (χ0v) is 17.8. The van der Waals surface area contributed by atoms with Gasteiger partial charge in [-0.1, -0.05) is 18.5 Å². The van der Waals surface area contributed by atoms with Gasteiger partial charge in [0, 0.05) is 73.4 Å². The summed E-state index contributed by atoms with van der Waals surface area (Å²) in [6.07, 6.45) is 6.25. The highest BCUT2D eigenvalue weighted by Crippen LogP contribution is 2.39. The average Bonchev–Trinajstić information content (AvgIpc) is 3.11. The van der Waals surface area contributed by atoms with E-state index >= 15 is 0 Å².